The first-order chi connectivity index (χ1) is 15.0. The molecule has 3 amide bonds. The first-order valence-corrected chi connectivity index (χ1v) is 10.6. The molecule has 0 saturated carbocycles. The van der Waals surface area contributed by atoms with Crippen LogP contribution in [0.15, 0.2) is 71.5 Å². The van der Waals surface area contributed by atoms with E-state index in [1.807, 2.05) is 30.3 Å². The molecule has 8 heteroatoms. The Morgan fingerprint density at radius 3 is 2.35 bits per heavy atom. The number of carbonyl (C=O) groups is 2. The van der Waals surface area contributed by atoms with Crippen LogP contribution in [0.1, 0.15) is 10.4 Å². The lowest BCUT2D eigenvalue weighted by Gasteiger charge is -2.34. The first-order valence-electron chi connectivity index (χ1n) is 9.82. The fourth-order valence-electron chi connectivity index (χ4n) is 3.47. The third-order valence-electron chi connectivity index (χ3n) is 5.13. The van der Waals surface area contributed by atoms with Crippen LogP contribution in [0, 0.1) is 5.82 Å². The Bertz CT molecular complexity index is 1100. The van der Waals surface area contributed by atoms with Gasteiger partial charge in [-0.3, -0.25) is 9.78 Å². The molecular weight excluding hydrogens is 463 g/mol. The van der Waals surface area contributed by atoms with Crippen LogP contribution >= 0.6 is 15.9 Å². The molecule has 1 aromatic heterocycles. The molecule has 0 radical (unpaired) electrons. The summed E-state index contributed by atoms with van der Waals surface area (Å²) in [6.45, 7) is 1.60. The number of halogens is 2. The number of anilines is 1. The fraction of sp³-hybridized carbons (Fsp3) is 0.174. The van der Waals surface area contributed by atoms with Crippen LogP contribution in [0.3, 0.4) is 0 Å². The molecule has 158 valence electrons. The zero-order valence-corrected chi connectivity index (χ0v) is 18.2. The monoisotopic (exact) mass is 482 g/mol. The highest BCUT2D eigenvalue weighted by Crippen LogP contribution is 2.30. The Balaban J connectivity index is 1.38. The van der Waals surface area contributed by atoms with E-state index in [1.54, 1.807) is 28.3 Å². The number of piperazine rings is 1. The van der Waals surface area contributed by atoms with Gasteiger partial charge < -0.3 is 15.1 Å². The highest BCUT2D eigenvalue weighted by molar-refractivity contribution is 9.10. The average Bonchev–Trinajstić information content (AvgIpc) is 2.80. The van der Waals surface area contributed by atoms with E-state index in [0.717, 1.165) is 15.6 Å². The smallest absolute Gasteiger partial charge is 0.321 e. The van der Waals surface area contributed by atoms with Crippen molar-refractivity contribution in [3.63, 3.8) is 0 Å². The molecule has 1 aliphatic heterocycles. The van der Waals surface area contributed by atoms with Crippen LogP contribution in [-0.2, 0) is 0 Å². The zero-order valence-electron chi connectivity index (χ0n) is 16.6. The number of pyridine rings is 1. The van der Waals surface area contributed by atoms with Crippen molar-refractivity contribution in [1.29, 1.82) is 0 Å². The highest BCUT2D eigenvalue weighted by atomic mass is 79.9. The average molecular weight is 483 g/mol. The maximum atomic E-state index is 13.4. The Morgan fingerprint density at radius 2 is 1.65 bits per heavy atom. The summed E-state index contributed by atoms with van der Waals surface area (Å²) in [5, 5.41) is 2.93. The first kappa shape index (κ1) is 21.0. The van der Waals surface area contributed by atoms with Gasteiger partial charge in [0.1, 0.15) is 5.82 Å². The summed E-state index contributed by atoms with van der Waals surface area (Å²) >= 11 is 3.55. The summed E-state index contributed by atoms with van der Waals surface area (Å²) in [7, 11) is 0. The molecule has 1 saturated heterocycles. The van der Waals surface area contributed by atoms with E-state index >= 15 is 0 Å². The van der Waals surface area contributed by atoms with Crippen molar-refractivity contribution < 1.29 is 14.0 Å². The number of hydrogen-bond acceptors (Lipinski definition) is 3. The SMILES string of the molecule is O=C(Nc1ccc(Br)c(-c2ccncc2)c1)N1CCN(C(=O)c2cccc(F)c2)CC1. The quantitative estimate of drug-likeness (QED) is 0.591. The van der Waals surface area contributed by atoms with Crippen molar-refractivity contribution >= 4 is 33.6 Å². The van der Waals surface area contributed by atoms with Crippen molar-refractivity contribution in [2.24, 2.45) is 0 Å². The molecule has 1 aliphatic rings. The van der Waals surface area contributed by atoms with Crippen molar-refractivity contribution in [2.45, 2.75) is 0 Å². The second-order valence-electron chi connectivity index (χ2n) is 7.15. The van der Waals surface area contributed by atoms with Gasteiger partial charge >= 0.3 is 6.03 Å². The van der Waals surface area contributed by atoms with Crippen LogP contribution < -0.4 is 5.32 Å². The van der Waals surface area contributed by atoms with E-state index in [-0.39, 0.29) is 11.9 Å². The minimum absolute atomic E-state index is 0.221. The van der Waals surface area contributed by atoms with E-state index in [0.29, 0.717) is 37.4 Å². The molecule has 3 aromatic rings. The van der Waals surface area contributed by atoms with E-state index in [4.69, 9.17) is 0 Å². The predicted molar refractivity (Wildman–Crippen MR) is 120 cm³/mol. The minimum atomic E-state index is -0.440. The number of nitrogens with one attached hydrogen (secondary N) is 1. The van der Waals surface area contributed by atoms with Crippen molar-refractivity contribution in [2.75, 3.05) is 31.5 Å². The number of hydrogen-bond donors (Lipinski definition) is 1. The number of carbonyl (C=O) groups excluding carboxylic acids is 2. The Labute approximate surface area is 187 Å². The maximum Gasteiger partial charge on any atom is 0.321 e. The third-order valence-corrected chi connectivity index (χ3v) is 5.83. The van der Waals surface area contributed by atoms with Gasteiger partial charge in [-0.25, -0.2) is 9.18 Å². The van der Waals surface area contributed by atoms with Gasteiger partial charge in [0, 0.05) is 54.3 Å². The molecule has 0 unspecified atom stereocenters. The van der Waals surface area contributed by atoms with Gasteiger partial charge in [0.25, 0.3) is 5.91 Å². The van der Waals surface area contributed by atoms with Gasteiger partial charge in [-0.1, -0.05) is 22.0 Å². The van der Waals surface area contributed by atoms with Crippen molar-refractivity contribution in [3.8, 4) is 11.1 Å². The number of nitrogens with zero attached hydrogens (tertiary/aromatic N) is 3. The second-order valence-corrected chi connectivity index (χ2v) is 8.00. The van der Waals surface area contributed by atoms with Crippen LogP contribution in [0.4, 0.5) is 14.9 Å². The molecule has 2 heterocycles. The van der Waals surface area contributed by atoms with Gasteiger partial charge in [0.05, 0.1) is 0 Å². The van der Waals surface area contributed by atoms with Gasteiger partial charge in [-0.2, -0.15) is 0 Å². The molecule has 0 atom stereocenters. The molecular formula is C23H20BrFN4O2. The summed E-state index contributed by atoms with van der Waals surface area (Å²) in [4.78, 5) is 32.6. The van der Waals surface area contributed by atoms with Gasteiger partial charge in [-0.05, 0) is 59.7 Å². The Hall–Kier alpha value is -3.26. The van der Waals surface area contributed by atoms with Crippen LogP contribution in [-0.4, -0.2) is 52.9 Å². The second kappa shape index (κ2) is 9.26. The summed E-state index contributed by atoms with van der Waals surface area (Å²) in [6.07, 6.45) is 3.44. The largest absolute Gasteiger partial charge is 0.335 e. The number of urea groups is 1. The Kier molecular flexibility index (Phi) is 6.27. The van der Waals surface area contributed by atoms with Gasteiger partial charge in [-0.15, -0.1) is 0 Å². The lowest BCUT2D eigenvalue weighted by Crippen LogP contribution is -2.51. The summed E-state index contributed by atoms with van der Waals surface area (Å²) in [6, 6.07) is 14.9. The van der Waals surface area contributed by atoms with E-state index in [9.17, 15) is 14.0 Å². The maximum absolute atomic E-state index is 13.4. The molecule has 0 spiro atoms. The summed E-state index contributed by atoms with van der Waals surface area (Å²) in [5.41, 5.74) is 2.93. The highest BCUT2D eigenvalue weighted by Gasteiger charge is 2.25. The van der Waals surface area contributed by atoms with Gasteiger partial charge in [0.2, 0.25) is 0 Å². The predicted octanol–water partition coefficient (Wildman–Crippen LogP) is 4.64. The summed E-state index contributed by atoms with van der Waals surface area (Å²) in [5.74, 6) is -0.668. The normalized spacial score (nSPS) is 13.7. The number of rotatable bonds is 3. The van der Waals surface area contributed by atoms with E-state index < -0.39 is 5.82 Å². The zero-order chi connectivity index (χ0) is 21.8. The molecule has 1 fully saturated rings. The lowest BCUT2D eigenvalue weighted by molar-refractivity contribution is 0.0671. The number of benzene rings is 2. The third kappa shape index (κ3) is 4.91. The standard InChI is InChI=1S/C23H20BrFN4O2/c24-21-5-4-19(15-20(21)16-6-8-26-9-7-16)27-23(31)29-12-10-28(11-13-29)22(30)17-2-1-3-18(25)14-17/h1-9,14-15H,10-13H2,(H,27,31). The van der Waals surface area contributed by atoms with E-state index in [1.165, 1.54) is 18.2 Å². The molecule has 31 heavy (non-hydrogen) atoms. The van der Waals surface area contributed by atoms with Crippen molar-refractivity contribution in [3.05, 3.63) is 82.8 Å². The summed E-state index contributed by atoms with van der Waals surface area (Å²) < 4.78 is 14.3. The van der Waals surface area contributed by atoms with Gasteiger partial charge in [0.15, 0.2) is 0 Å². The fourth-order valence-corrected chi connectivity index (χ4v) is 3.95. The molecule has 6 nitrogen and oxygen atoms in total. The molecule has 1 N–H and O–H groups in total. The lowest BCUT2D eigenvalue weighted by atomic mass is 10.1. The number of amides is 3. The topological polar surface area (TPSA) is 65.5 Å². The van der Waals surface area contributed by atoms with Crippen LogP contribution in [0.2, 0.25) is 0 Å². The molecule has 0 bridgehead atoms. The molecule has 2 aromatic carbocycles. The van der Waals surface area contributed by atoms with Crippen molar-refractivity contribution in [1.82, 2.24) is 14.8 Å². The minimum Gasteiger partial charge on any atom is -0.335 e. The molecule has 0 aliphatic carbocycles. The van der Waals surface area contributed by atoms with E-state index in [2.05, 4.69) is 26.2 Å². The Morgan fingerprint density at radius 1 is 0.935 bits per heavy atom. The number of aromatic nitrogens is 1. The van der Waals surface area contributed by atoms with Crippen LogP contribution in [0.25, 0.3) is 11.1 Å². The molecule has 4 rings (SSSR count). The van der Waals surface area contributed by atoms with Crippen LogP contribution in [0.5, 0.6) is 0 Å².